The molecule has 10 heteroatoms. The Balaban J connectivity index is 0.000000191. The van der Waals surface area contributed by atoms with Crippen molar-refractivity contribution in [2.24, 2.45) is 5.73 Å². The zero-order valence-corrected chi connectivity index (χ0v) is 18.4. The first-order chi connectivity index (χ1) is 16.5. The SMILES string of the molecule is COC(CN)c1coc(-c2ccc(F)cc2)n1.[C-]#[N+]C(OC)c1coc(-c2ccc(F)cc2)n1. The largest absolute Gasteiger partial charge is 0.444 e. The molecule has 0 aliphatic heterocycles. The van der Waals surface area contributed by atoms with E-state index in [1.807, 2.05) is 0 Å². The number of ether oxygens (including phenoxy) is 2. The van der Waals surface area contributed by atoms with Crippen LogP contribution < -0.4 is 5.73 Å². The number of hydrogen-bond acceptors (Lipinski definition) is 7. The molecule has 0 bridgehead atoms. The van der Waals surface area contributed by atoms with E-state index >= 15 is 0 Å². The summed E-state index contributed by atoms with van der Waals surface area (Å²) in [4.78, 5) is 11.6. The standard InChI is InChI=1S/C12H9FN2O2.C12H13FN2O2/c1-14-12(16-2)10-7-17-11(15-10)8-3-5-9(13)6-4-8;1-16-11(6-14)10-7-17-12(15-10)8-2-4-9(13)5-3-8/h3-7,12H,2H3;2-5,7,11H,6,14H2,1H3. The van der Waals surface area contributed by atoms with Gasteiger partial charge in [0.05, 0.1) is 0 Å². The molecule has 2 heterocycles. The molecule has 0 fully saturated rings. The van der Waals surface area contributed by atoms with Gasteiger partial charge in [0.15, 0.2) is 5.69 Å². The third-order valence-electron chi connectivity index (χ3n) is 4.65. The average molecular weight is 468 g/mol. The van der Waals surface area contributed by atoms with Gasteiger partial charge in [0.2, 0.25) is 11.8 Å². The lowest BCUT2D eigenvalue weighted by molar-refractivity contribution is 0.107. The number of methoxy groups -OCH3 is 2. The maximum atomic E-state index is 12.8. The van der Waals surface area contributed by atoms with Gasteiger partial charge in [0.1, 0.15) is 36.0 Å². The molecule has 8 nitrogen and oxygen atoms in total. The number of oxazole rings is 2. The lowest BCUT2D eigenvalue weighted by Gasteiger charge is -2.07. The highest BCUT2D eigenvalue weighted by atomic mass is 19.1. The highest BCUT2D eigenvalue weighted by Gasteiger charge is 2.20. The lowest BCUT2D eigenvalue weighted by atomic mass is 10.2. The molecule has 2 atom stereocenters. The highest BCUT2D eigenvalue weighted by Crippen LogP contribution is 2.24. The normalized spacial score (nSPS) is 12.4. The summed E-state index contributed by atoms with van der Waals surface area (Å²) in [6.07, 6.45) is 1.81. The Hall–Kier alpha value is -3.91. The molecule has 0 saturated carbocycles. The minimum absolute atomic E-state index is 0.284. The first-order valence-electron chi connectivity index (χ1n) is 10.0. The van der Waals surface area contributed by atoms with E-state index in [9.17, 15) is 8.78 Å². The van der Waals surface area contributed by atoms with Crippen LogP contribution in [0.2, 0.25) is 0 Å². The van der Waals surface area contributed by atoms with Crippen molar-refractivity contribution in [1.82, 2.24) is 9.97 Å². The Morgan fingerprint density at radius 3 is 1.74 bits per heavy atom. The van der Waals surface area contributed by atoms with E-state index in [4.69, 9.17) is 30.6 Å². The van der Waals surface area contributed by atoms with Gasteiger partial charge in [0.25, 0.3) is 0 Å². The van der Waals surface area contributed by atoms with Crippen molar-refractivity contribution in [1.29, 1.82) is 0 Å². The number of aromatic nitrogens is 2. The van der Waals surface area contributed by atoms with Gasteiger partial charge in [-0.25, -0.2) is 25.3 Å². The van der Waals surface area contributed by atoms with E-state index in [-0.39, 0.29) is 17.7 Å². The van der Waals surface area contributed by atoms with Crippen molar-refractivity contribution in [2.45, 2.75) is 12.3 Å². The fourth-order valence-electron chi connectivity index (χ4n) is 2.86. The molecule has 2 aromatic carbocycles. The topological polar surface area (TPSA) is 101 Å². The molecule has 0 spiro atoms. The summed E-state index contributed by atoms with van der Waals surface area (Å²) >= 11 is 0. The van der Waals surface area contributed by atoms with Crippen molar-refractivity contribution in [3.8, 4) is 22.9 Å². The van der Waals surface area contributed by atoms with Crippen LogP contribution in [0.5, 0.6) is 0 Å². The van der Waals surface area contributed by atoms with Gasteiger partial charge in [-0.1, -0.05) is 0 Å². The summed E-state index contributed by atoms with van der Waals surface area (Å²) in [5.41, 5.74) is 7.93. The molecule has 34 heavy (non-hydrogen) atoms. The summed E-state index contributed by atoms with van der Waals surface area (Å²) in [6.45, 7) is 7.23. The predicted octanol–water partition coefficient (Wildman–Crippen LogP) is 5.17. The molecule has 4 rings (SSSR count). The number of rotatable bonds is 7. The van der Waals surface area contributed by atoms with Crippen LogP contribution in [0.3, 0.4) is 0 Å². The van der Waals surface area contributed by atoms with E-state index < -0.39 is 6.23 Å². The predicted molar refractivity (Wildman–Crippen MR) is 119 cm³/mol. The van der Waals surface area contributed by atoms with Crippen LogP contribution in [-0.4, -0.2) is 30.7 Å². The number of benzene rings is 2. The van der Waals surface area contributed by atoms with Gasteiger partial charge < -0.3 is 24.0 Å². The second kappa shape index (κ2) is 11.8. The van der Waals surface area contributed by atoms with Gasteiger partial charge in [-0.05, 0) is 48.5 Å². The average Bonchev–Trinajstić information content (AvgIpc) is 3.53. The first-order valence-corrected chi connectivity index (χ1v) is 10.0. The van der Waals surface area contributed by atoms with Crippen molar-refractivity contribution >= 4 is 0 Å². The van der Waals surface area contributed by atoms with Crippen LogP contribution in [-0.2, 0) is 9.47 Å². The van der Waals surface area contributed by atoms with E-state index in [0.717, 1.165) is 0 Å². The zero-order chi connectivity index (χ0) is 24.5. The monoisotopic (exact) mass is 468 g/mol. The molecular weight excluding hydrogens is 446 g/mol. The maximum absolute atomic E-state index is 12.8. The Bertz CT molecular complexity index is 1210. The summed E-state index contributed by atoms with van der Waals surface area (Å²) in [6, 6.07) is 11.7. The molecule has 176 valence electrons. The molecule has 0 aliphatic rings. The van der Waals surface area contributed by atoms with Crippen LogP contribution in [0.25, 0.3) is 27.8 Å². The van der Waals surface area contributed by atoms with Crippen LogP contribution in [0.15, 0.2) is 69.9 Å². The number of nitrogens with two attached hydrogens (primary N) is 1. The summed E-state index contributed by atoms with van der Waals surface area (Å²) in [5, 5.41) is 0. The second-order valence-electron chi connectivity index (χ2n) is 6.85. The van der Waals surface area contributed by atoms with Crippen LogP contribution in [0.4, 0.5) is 8.78 Å². The van der Waals surface area contributed by atoms with Gasteiger partial charge in [-0.15, -0.1) is 0 Å². The van der Waals surface area contributed by atoms with Gasteiger partial charge >= 0.3 is 6.23 Å². The minimum atomic E-state index is -0.770. The Morgan fingerprint density at radius 2 is 1.32 bits per heavy atom. The lowest BCUT2D eigenvalue weighted by Crippen LogP contribution is -2.14. The third kappa shape index (κ3) is 6.11. The summed E-state index contributed by atoms with van der Waals surface area (Å²) in [7, 11) is 2.98. The molecule has 0 saturated heterocycles. The molecular formula is C24H22F2N4O4. The van der Waals surface area contributed by atoms with Crippen molar-refractivity contribution in [2.75, 3.05) is 20.8 Å². The molecule has 0 radical (unpaired) electrons. The van der Waals surface area contributed by atoms with Crippen LogP contribution in [0, 0.1) is 18.2 Å². The van der Waals surface area contributed by atoms with Gasteiger partial charge in [-0.2, -0.15) is 0 Å². The smallest absolute Gasteiger partial charge is 0.374 e. The zero-order valence-electron chi connectivity index (χ0n) is 18.4. The Labute approximate surface area is 194 Å². The van der Waals surface area contributed by atoms with Crippen molar-refractivity contribution < 1.29 is 27.1 Å². The first kappa shape index (κ1) is 24.7. The van der Waals surface area contributed by atoms with Gasteiger partial charge in [0, 0.05) is 31.9 Å². The maximum Gasteiger partial charge on any atom is 0.374 e. The summed E-state index contributed by atoms with van der Waals surface area (Å²) in [5.74, 6) is 0.148. The van der Waals surface area contributed by atoms with Crippen LogP contribution >= 0.6 is 0 Å². The molecule has 2 unspecified atom stereocenters. The number of hydrogen-bond donors (Lipinski definition) is 1. The van der Waals surface area contributed by atoms with E-state index in [0.29, 0.717) is 40.8 Å². The fraction of sp³-hybridized carbons (Fsp3) is 0.208. The van der Waals surface area contributed by atoms with E-state index in [2.05, 4.69) is 14.8 Å². The highest BCUT2D eigenvalue weighted by molar-refractivity contribution is 5.53. The van der Waals surface area contributed by atoms with Crippen molar-refractivity contribution in [3.05, 3.63) is 95.5 Å². The Kier molecular flexibility index (Phi) is 8.59. The molecule has 4 aromatic rings. The summed E-state index contributed by atoms with van der Waals surface area (Å²) < 4.78 is 46.1. The quantitative estimate of drug-likeness (QED) is 0.373. The molecule has 0 amide bonds. The second-order valence-corrected chi connectivity index (χ2v) is 6.85. The molecule has 0 aliphatic carbocycles. The van der Waals surface area contributed by atoms with E-state index in [1.54, 1.807) is 31.4 Å². The van der Waals surface area contributed by atoms with Gasteiger partial charge in [-0.3, -0.25) is 4.85 Å². The van der Waals surface area contributed by atoms with Crippen LogP contribution in [0.1, 0.15) is 23.7 Å². The molecule has 2 N–H and O–H groups in total. The third-order valence-corrected chi connectivity index (χ3v) is 4.65. The van der Waals surface area contributed by atoms with E-state index in [1.165, 1.54) is 43.9 Å². The Morgan fingerprint density at radius 1 is 0.853 bits per heavy atom. The minimum Gasteiger partial charge on any atom is -0.444 e. The van der Waals surface area contributed by atoms with Crippen molar-refractivity contribution in [3.63, 3.8) is 0 Å². The number of halogens is 2. The fourth-order valence-corrected chi connectivity index (χ4v) is 2.86. The molecule has 2 aromatic heterocycles. The number of nitrogens with zero attached hydrogens (tertiary/aromatic N) is 3.